The molecule has 0 radical (unpaired) electrons. The minimum absolute atomic E-state index is 0.0129. The molecule has 0 saturated heterocycles. The van der Waals surface area contributed by atoms with Crippen molar-refractivity contribution in [3.05, 3.63) is 78.1 Å². The summed E-state index contributed by atoms with van der Waals surface area (Å²) in [6.45, 7) is 2.99. The molecule has 0 spiro atoms. The second-order valence-electron chi connectivity index (χ2n) is 8.62. The summed E-state index contributed by atoms with van der Waals surface area (Å²) in [5.41, 5.74) is 5.80. The molecule has 1 saturated carbocycles. The van der Waals surface area contributed by atoms with Gasteiger partial charge < -0.3 is 10.6 Å². The molecule has 2 aromatic heterocycles. The summed E-state index contributed by atoms with van der Waals surface area (Å²) in [6.07, 6.45) is 5.76. The van der Waals surface area contributed by atoms with Gasteiger partial charge in [-0.2, -0.15) is 0 Å². The van der Waals surface area contributed by atoms with Crippen LogP contribution in [0.15, 0.2) is 67.0 Å². The van der Waals surface area contributed by atoms with Crippen LogP contribution in [0.4, 0.5) is 5.69 Å². The summed E-state index contributed by atoms with van der Waals surface area (Å²) in [6, 6.07) is 17.0. The number of aromatic nitrogens is 2. The van der Waals surface area contributed by atoms with Gasteiger partial charge in [0.1, 0.15) is 0 Å². The number of anilines is 1. The van der Waals surface area contributed by atoms with Crippen LogP contribution in [0.1, 0.15) is 47.4 Å². The van der Waals surface area contributed by atoms with E-state index in [1.54, 1.807) is 24.4 Å². The Morgan fingerprint density at radius 3 is 2.35 bits per heavy atom. The van der Waals surface area contributed by atoms with Crippen LogP contribution in [-0.2, 0) is 4.79 Å². The number of nitrogens with one attached hydrogen (secondary N) is 2. The van der Waals surface area contributed by atoms with E-state index in [-0.39, 0.29) is 17.6 Å². The van der Waals surface area contributed by atoms with Crippen molar-refractivity contribution < 1.29 is 14.4 Å². The molecule has 34 heavy (non-hydrogen) atoms. The van der Waals surface area contributed by atoms with E-state index in [0.29, 0.717) is 28.5 Å². The molecule has 1 aliphatic rings. The van der Waals surface area contributed by atoms with Gasteiger partial charge >= 0.3 is 0 Å². The summed E-state index contributed by atoms with van der Waals surface area (Å²) < 4.78 is 1.91. The summed E-state index contributed by atoms with van der Waals surface area (Å²) in [4.78, 5) is 40.6. The number of Topliss-reactive ketones (excluding diaryl/α,β-unsaturated/α-hetero) is 1. The maximum atomic E-state index is 12.3. The number of hydrogen-bond acceptors (Lipinski definition) is 4. The number of imidazole rings is 1. The van der Waals surface area contributed by atoms with Crippen LogP contribution in [0.3, 0.4) is 0 Å². The first kappa shape index (κ1) is 21.6. The number of ketones is 1. The zero-order chi connectivity index (χ0) is 23.8. The number of nitrogens with zero attached hydrogens (tertiary/aromatic N) is 2. The molecule has 5 rings (SSSR count). The number of fused-ring (bicyclic) bond motifs is 1. The molecule has 7 nitrogen and oxygen atoms in total. The van der Waals surface area contributed by atoms with Gasteiger partial charge in [-0.15, -0.1) is 0 Å². The molecule has 0 unspecified atom stereocenters. The fourth-order valence-electron chi connectivity index (χ4n) is 3.95. The third-order valence-electron chi connectivity index (χ3n) is 5.87. The third-order valence-corrected chi connectivity index (χ3v) is 5.87. The molecular formula is C27H24N4O3. The van der Waals surface area contributed by atoms with Gasteiger partial charge in [-0.3, -0.25) is 18.8 Å². The number of carbonyl (C=O) groups is 3. The fraction of sp³-hybridized carbons (Fsp3) is 0.185. The number of pyridine rings is 1. The van der Waals surface area contributed by atoms with Crippen molar-refractivity contribution >= 4 is 28.9 Å². The van der Waals surface area contributed by atoms with Gasteiger partial charge in [-0.05, 0) is 49.6 Å². The lowest BCUT2D eigenvalue weighted by Crippen LogP contribution is -2.25. The first-order chi connectivity index (χ1) is 16.4. The van der Waals surface area contributed by atoms with Gasteiger partial charge in [0.2, 0.25) is 5.91 Å². The van der Waals surface area contributed by atoms with Crippen LogP contribution in [0.25, 0.3) is 28.0 Å². The Morgan fingerprint density at radius 2 is 1.68 bits per heavy atom. The van der Waals surface area contributed by atoms with E-state index in [2.05, 4.69) is 15.6 Å². The monoisotopic (exact) mass is 452 g/mol. The molecule has 4 aromatic rings. The minimum atomic E-state index is -0.200. The molecular weight excluding hydrogens is 428 g/mol. The van der Waals surface area contributed by atoms with E-state index in [9.17, 15) is 14.4 Å². The zero-order valence-corrected chi connectivity index (χ0v) is 19.0. The Labute approximate surface area is 196 Å². The van der Waals surface area contributed by atoms with Crippen molar-refractivity contribution in [1.82, 2.24) is 14.7 Å². The highest BCUT2D eigenvalue weighted by Crippen LogP contribution is 2.31. The first-order valence-electron chi connectivity index (χ1n) is 11.2. The Bertz CT molecular complexity index is 1430. The summed E-state index contributed by atoms with van der Waals surface area (Å²) in [7, 11) is 0. The number of amides is 2. The summed E-state index contributed by atoms with van der Waals surface area (Å²) in [5, 5.41) is 5.87. The van der Waals surface area contributed by atoms with Crippen molar-refractivity contribution in [1.29, 1.82) is 0 Å². The van der Waals surface area contributed by atoms with Crippen molar-refractivity contribution in [2.75, 3.05) is 5.32 Å². The maximum absolute atomic E-state index is 12.3. The van der Waals surface area contributed by atoms with Gasteiger partial charge in [-0.1, -0.05) is 30.3 Å². The molecule has 0 bridgehead atoms. The van der Waals surface area contributed by atoms with Crippen LogP contribution >= 0.6 is 0 Å². The Balaban J connectivity index is 1.59. The van der Waals surface area contributed by atoms with Crippen LogP contribution < -0.4 is 10.6 Å². The summed E-state index contributed by atoms with van der Waals surface area (Å²) in [5.74, 6) is -0.277. The number of hydrogen-bond donors (Lipinski definition) is 2. The largest absolute Gasteiger partial charge is 0.349 e. The first-order valence-corrected chi connectivity index (χ1v) is 11.2. The van der Waals surface area contributed by atoms with E-state index in [4.69, 9.17) is 0 Å². The minimum Gasteiger partial charge on any atom is -0.349 e. The molecule has 170 valence electrons. The molecule has 1 fully saturated rings. The molecule has 2 N–H and O–H groups in total. The van der Waals surface area contributed by atoms with E-state index in [1.807, 2.05) is 47.0 Å². The lowest BCUT2D eigenvalue weighted by molar-refractivity contribution is -0.114. The Morgan fingerprint density at radius 1 is 0.912 bits per heavy atom. The molecule has 0 atom stereocenters. The second-order valence-corrected chi connectivity index (χ2v) is 8.62. The highest BCUT2D eigenvalue weighted by molar-refractivity contribution is 5.97. The third kappa shape index (κ3) is 4.32. The van der Waals surface area contributed by atoms with E-state index in [0.717, 1.165) is 35.2 Å². The van der Waals surface area contributed by atoms with Gasteiger partial charge in [0.15, 0.2) is 11.4 Å². The average molecular weight is 453 g/mol. The normalized spacial score (nSPS) is 13.0. The molecule has 2 amide bonds. The average Bonchev–Trinajstić information content (AvgIpc) is 3.53. The molecule has 2 heterocycles. The molecule has 0 aliphatic heterocycles. The second kappa shape index (κ2) is 8.59. The fourth-order valence-corrected chi connectivity index (χ4v) is 3.95. The van der Waals surface area contributed by atoms with E-state index < -0.39 is 0 Å². The van der Waals surface area contributed by atoms with E-state index >= 15 is 0 Å². The number of benzene rings is 2. The number of carbonyl (C=O) groups excluding carboxylic acids is 3. The number of rotatable bonds is 6. The maximum Gasteiger partial charge on any atom is 0.251 e. The quantitative estimate of drug-likeness (QED) is 0.414. The summed E-state index contributed by atoms with van der Waals surface area (Å²) >= 11 is 0. The van der Waals surface area contributed by atoms with Crippen molar-refractivity contribution in [3.8, 4) is 22.4 Å². The Hall–Kier alpha value is -4.26. The standard InChI is InChI=1S/C27H24N4O3/c1-16(32)20-4-3-5-21(12-20)25-14-28-26-24(29-17(2)33)13-22(15-31(25)26)18-6-8-19(9-7-18)27(34)30-23-10-11-23/h3-9,12-15,23H,10-11H2,1-2H3,(H,29,33)(H,30,34). The van der Waals surface area contributed by atoms with Gasteiger partial charge in [0, 0.05) is 41.4 Å². The smallest absolute Gasteiger partial charge is 0.251 e. The lowest BCUT2D eigenvalue weighted by Gasteiger charge is -2.12. The predicted molar refractivity (Wildman–Crippen MR) is 131 cm³/mol. The van der Waals surface area contributed by atoms with E-state index in [1.165, 1.54) is 13.8 Å². The van der Waals surface area contributed by atoms with Crippen LogP contribution in [-0.4, -0.2) is 33.0 Å². The highest BCUT2D eigenvalue weighted by Gasteiger charge is 2.23. The van der Waals surface area contributed by atoms with Gasteiger partial charge in [-0.25, -0.2) is 4.98 Å². The SMILES string of the molecule is CC(=O)Nc1cc(-c2ccc(C(=O)NC3CC3)cc2)cn2c(-c3cccc(C(C)=O)c3)cnc12. The highest BCUT2D eigenvalue weighted by atomic mass is 16.2. The predicted octanol–water partition coefficient (Wildman–Crippen LogP) is 4.72. The Kier molecular flexibility index (Phi) is 5.45. The molecule has 1 aliphatic carbocycles. The van der Waals surface area contributed by atoms with Crippen molar-refractivity contribution in [2.45, 2.75) is 32.7 Å². The topological polar surface area (TPSA) is 92.6 Å². The van der Waals surface area contributed by atoms with Crippen molar-refractivity contribution in [2.24, 2.45) is 0 Å². The van der Waals surface area contributed by atoms with Crippen molar-refractivity contribution in [3.63, 3.8) is 0 Å². The van der Waals surface area contributed by atoms with Crippen LogP contribution in [0.5, 0.6) is 0 Å². The van der Waals surface area contributed by atoms with Gasteiger partial charge in [0.05, 0.1) is 17.6 Å². The van der Waals surface area contributed by atoms with Gasteiger partial charge in [0.25, 0.3) is 5.91 Å². The lowest BCUT2D eigenvalue weighted by atomic mass is 10.0. The molecule has 7 heteroatoms. The van der Waals surface area contributed by atoms with Crippen LogP contribution in [0.2, 0.25) is 0 Å². The molecule has 2 aromatic carbocycles. The van der Waals surface area contributed by atoms with Crippen LogP contribution in [0, 0.1) is 0 Å². The zero-order valence-electron chi connectivity index (χ0n) is 19.0.